The van der Waals surface area contributed by atoms with Crippen molar-refractivity contribution in [3.8, 4) is 0 Å². The number of amides is 3. The number of aromatic nitrogens is 2. The Balaban J connectivity index is 1.58. The zero-order chi connectivity index (χ0) is 37.5. The number of hydrogen-bond donors (Lipinski definition) is 5. The number of carbonyl (C=O) groups excluding carboxylic acids is 4. The molecule has 278 valence electrons. The van der Waals surface area contributed by atoms with Crippen LogP contribution in [0.2, 0.25) is 0 Å². The van der Waals surface area contributed by atoms with Gasteiger partial charge in [0, 0.05) is 31.2 Å². The number of aliphatic hydroxyl groups is 1. The predicted octanol–water partition coefficient (Wildman–Crippen LogP) is 5.35. The summed E-state index contributed by atoms with van der Waals surface area (Å²) in [5, 5.41) is 21.4. The summed E-state index contributed by atoms with van der Waals surface area (Å²) < 4.78 is 10.8. The van der Waals surface area contributed by atoms with Crippen molar-refractivity contribution in [1.29, 1.82) is 0 Å². The summed E-state index contributed by atoms with van der Waals surface area (Å²) in [5.74, 6) is -2.03. The summed E-state index contributed by atoms with van der Waals surface area (Å²) in [6.07, 6.45) is 4.13. The number of carbonyl (C=O) groups is 4. The number of aromatic amines is 1. The summed E-state index contributed by atoms with van der Waals surface area (Å²) >= 11 is 0. The van der Waals surface area contributed by atoms with Crippen LogP contribution in [-0.2, 0) is 43.3 Å². The minimum atomic E-state index is -2.33. The van der Waals surface area contributed by atoms with E-state index in [1.165, 1.54) is 12.5 Å². The van der Waals surface area contributed by atoms with Gasteiger partial charge in [0.05, 0.1) is 12.9 Å². The van der Waals surface area contributed by atoms with E-state index in [4.69, 9.17) is 9.47 Å². The number of imidazole rings is 1. The molecule has 0 fully saturated rings. The zero-order valence-electron chi connectivity index (χ0n) is 30.4. The Labute approximate surface area is 305 Å². The molecule has 0 aliphatic rings. The third-order valence-electron chi connectivity index (χ3n) is 8.52. The van der Waals surface area contributed by atoms with Crippen LogP contribution in [0.15, 0.2) is 85.3 Å². The Morgan fingerprint density at radius 3 is 2.23 bits per heavy atom. The fraction of sp³-hybridized carbons (Fsp3) is 0.425. The van der Waals surface area contributed by atoms with Gasteiger partial charge >= 0.3 is 12.1 Å². The van der Waals surface area contributed by atoms with E-state index in [0.29, 0.717) is 18.0 Å². The zero-order valence-corrected chi connectivity index (χ0v) is 30.4. The van der Waals surface area contributed by atoms with Crippen LogP contribution in [0.25, 0.3) is 10.8 Å². The first-order valence-electron chi connectivity index (χ1n) is 17.9. The van der Waals surface area contributed by atoms with Crippen molar-refractivity contribution in [3.05, 3.63) is 102 Å². The maximum Gasteiger partial charge on any atom is 0.408 e. The number of benzene rings is 3. The number of alkyl carbamates (subject to hydrolysis) is 1. The van der Waals surface area contributed by atoms with Gasteiger partial charge in [-0.15, -0.1) is 0 Å². The molecule has 0 spiro atoms. The minimum Gasteiger partial charge on any atom is -0.462 e. The van der Waals surface area contributed by atoms with E-state index in [9.17, 15) is 24.3 Å². The molecule has 0 bridgehead atoms. The quantitative estimate of drug-likeness (QED) is 0.0492. The Morgan fingerprint density at radius 2 is 1.52 bits per heavy atom. The van der Waals surface area contributed by atoms with Gasteiger partial charge < -0.3 is 35.5 Å². The molecule has 3 atom stereocenters. The highest BCUT2D eigenvalue weighted by Crippen LogP contribution is 2.21. The van der Waals surface area contributed by atoms with E-state index >= 15 is 0 Å². The van der Waals surface area contributed by atoms with Gasteiger partial charge in [0.15, 0.2) is 0 Å². The molecule has 0 aliphatic carbocycles. The summed E-state index contributed by atoms with van der Waals surface area (Å²) in [7, 11) is 0. The van der Waals surface area contributed by atoms with Gasteiger partial charge in [0.1, 0.15) is 18.7 Å². The number of H-pyrrole nitrogens is 1. The maximum absolute atomic E-state index is 14.1. The average Bonchev–Trinajstić information content (AvgIpc) is 3.64. The largest absolute Gasteiger partial charge is 0.462 e. The maximum atomic E-state index is 14.1. The van der Waals surface area contributed by atoms with Gasteiger partial charge in [-0.1, -0.05) is 113 Å². The summed E-state index contributed by atoms with van der Waals surface area (Å²) in [6.45, 7) is 7.94. The van der Waals surface area contributed by atoms with Gasteiger partial charge in [0.25, 0.3) is 0 Å². The number of esters is 1. The van der Waals surface area contributed by atoms with Gasteiger partial charge in [0.2, 0.25) is 17.5 Å². The molecule has 0 saturated heterocycles. The molecule has 0 aliphatic heterocycles. The number of fused-ring (bicyclic) bond motifs is 1. The van der Waals surface area contributed by atoms with E-state index in [1.54, 1.807) is 0 Å². The van der Waals surface area contributed by atoms with Gasteiger partial charge in [-0.2, -0.15) is 0 Å². The summed E-state index contributed by atoms with van der Waals surface area (Å²) in [6, 6.07) is 20.1. The molecular weight excluding hydrogens is 662 g/mol. The third kappa shape index (κ3) is 12.2. The molecule has 4 rings (SSSR count). The second kappa shape index (κ2) is 19.4. The highest BCUT2D eigenvalue weighted by Gasteiger charge is 2.41. The highest BCUT2D eigenvalue weighted by molar-refractivity contribution is 5.94. The molecule has 3 aromatic carbocycles. The monoisotopic (exact) mass is 713 g/mol. The van der Waals surface area contributed by atoms with Crippen LogP contribution in [0.4, 0.5) is 4.79 Å². The first-order chi connectivity index (χ1) is 24.9. The fourth-order valence-electron chi connectivity index (χ4n) is 5.71. The van der Waals surface area contributed by atoms with E-state index < -0.39 is 41.7 Å². The molecule has 0 radical (unpaired) electrons. The predicted molar refractivity (Wildman–Crippen MR) is 198 cm³/mol. The van der Waals surface area contributed by atoms with Crippen molar-refractivity contribution >= 4 is 34.6 Å². The molecular formula is C40H51N5O7. The standard InChI is InChI=1S/C40H51N5O7/c1-27(2)13-10-11-20-40(50,38(48)51-24-28(3)4)45-37(47)35(22-32-23-41-26-42-32)43-36(46)34(44-39(49)52-25-29-14-6-5-7-15-29)21-31-18-12-17-30-16-8-9-19-33(30)31/h5-9,12,14-19,23,26-28,34-35,50H,10-11,13,20-22,24-25H2,1-4H3,(H,41,42)(H,43,46)(H,44,49)(H,45,47)/t34-,35?,40?/m1/s1. The Morgan fingerprint density at radius 1 is 0.808 bits per heavy atom. The van der Waals surface area contributed by atoms with Crippen LogP contribution < -0.4 is 16.0 Å². The topological polar surface area (TPSA) is 172 Å². The van der Waals surface area contributed by atoms with Crippen LogP contribution in [0.5, 0.6) is 0 Å². The summed E-state index contributed by atoms with van der Waals surface area (Å²) in [4.78, 5) is 61.5. The molecule has 1 aromatic heterocycles. The smallest absolute Gasteiger partial charge is 0.408 e. The van der Waals surface area contributed by atoms with Crippen molar-refractivity contribution < 1.29 is 33.8 Å². The van der Waals surface area contributed by atoms with Crippen molar-refractivity contribution in [1.82, 2.24) is 25.9 Å². The number of nitrogens with one attached hydrogen (secondary N) is 4. The van der Waals surface area contributed by atoms with E-state index in [2.05, 4.69) is 39.8 Å². The van der Waals surface area contributed by atoms with E-state index in [0.717, 1.165) is 34.7 Å². The molecule has 1 heterocycles. The van der Waals surface area contributed by atoms with Crippen molar-refractivity contribution in [2.75, 3.05) is 6.61 Å². The number of hydrogen-bond acceptors (Lipinski definition) is 8. The molecule has 12 heteroatoms. The minimum absolute atomic E-state index is 0.00260. The first-order valence-corrected chi connectivity index (χ1v) is 17.9. The summed E-state index contributed by atoms with van der Waals surface area (Å²) in [5.41, 5.74) is -0.251. The van der Waals surface area contributed by atoms with Crippen LogP contribution in [0.3, 0.4) is 0 Å². The second-order valence-electron chi connectivity index (χ2n) is 13.9. The van der Waals surface area contributed by atoms with Crippen molar-refractivity contribution in [2.24, 2.45) is 11.8 Å². The van der Waals surface area contributed by atoms with E-state index in [1.807, 2.05) is 86.6 Å². The third-order valence-corrected chi connectivity index (χ3v) is 8.52. The number of ether oxygens (including phenoxy) is 2. The number of nitrogens with zero attached hydrogens (tertiary/aromatic N) is 1. The van der Waals surface area contributed by atoms with Gasteiger partial charge in [-0.05, 0) is 40.2 Å². The average molecular weight is 714 g/mol. The Kier molecular flexibility index (Phi) is 14.8. The molecule has 5 N–H and O–H groups in total. The Bertz CT molecular complexity index is 1740. The van der Waals surface area contributed by atoms with Gasteiger partial charge in [-0.3, -0.25) is 9.59 Å². The van der Waals surface area contributed by atoms with Gasteiger partial charge in [-0.25, -0.2) is 14.6 Å². The molecule has 0 saturated carbocycles. The van der Waals surface area contributed by atoms with Crippen molar-refractivity contribution in [2.45, 2.75) is 90.6 Å². The Hall–Kier alpha value is -5.23. The fourth-order valence-corrected chi connectivity index (χ4v) is 5.71. The normalized spacial score (nSPS) is 13.6. The van der Waals surface area contributed by atoms with Crippen LogP contribution >= 0.6 is 0 Å². The van der Waals surface area contributed by atoms with Crippen molar-refractivity contribution in [3.63, 3.8) is 0 Å². The molecule has 52 heavy (non-hydrogen) atoms. The highest BCUT2D eigenvalue weighted by atomic mass is 16.6. The first kappa shape index (κ1) is 39.6. The lowest BCUT2D eigenvalue weighted by Crippen LogP contribution is -2.61. The molecule has 3 amide bonds. The lowest BCUT2D eigenvalue weighted by molar-refractivity contribution is -0.174. The molecule has 2 unspecified atom stereocenters. The molecule has 12 nitrogen and oxygen atoms in total. The number of rotatable bonds is 19. The lowest BCUT2D eigenvalue weighted by Gasteiger charge is -2.30. The SMILES string of the molecule is CC(C)CCCCC(O)(NC(=O)C(Cc1cnc[nH]1)NC(=O)[C@@H](Cc1cccc2ccccc12)NC(=O)OCc1ccccc1)C(=O)OCC(C)C. The van der Waals surface area contributed by atoms with Crippen LogP contribution in [-0.4, -0.2) is 63.4 Å². The van der Waals surface area contributed by atoms with Crippen LogP contribution in [0.1, 0.15) is 70.2 Å². The lowest BCUT2D eigenvalue weighted by atomic mass is 9.98. The number of unbranched alkanes of at least 4 members (excludes halogenated alkanes) is 1. The second-order valence-corrected chi connectivity index (χ2v) is 13.9. The molecule has 4 aromatic rings. The van der Waals surface area contributed by atoms with E-state index in [-0.39, 0.29) is 38.4 Å². The van der Waals surface area contributed by atoms with Crippen LogP contribution in [0, 0.1) is 11.8 Å².